The van der Waals surface area contributed by atoms with Crippen LogP contribution in [0.1, 0.15) is 20.8 Å². The van der Waals surface area contributed by atoms with E-state index in [0.717, 1.165) is 6.07 Å². The van der Waals surface area contributed by atoms with Gasteiger partial charge in [0.15, 0.2) is 9.34 Å². The number of carboxylic acids is 1. The highest BCUT2D eigenvalue weighted by molar-refractivity contribution is 7.17. The van der Waals surface area contributed by atoms with Crippen LogP contribution in [0.3, 0.4) is 0 Å². The predicted molar refractivity (Wildman–Crippen MR) is 69.9 cm³/mol. The summed E-state index contributed by atoms with van der Waals surface area (Å²) in [6.07, 6.45) is -4.52. The van der Waals surface area contributed by atoms with E-state index in [-0.39, 0.29) is 20.8 Å². The molecule has 1 N–H and O–H groups in total. The van der Waals surface area contributed by atoms with Gasteiger partial charge in [0.05, 0.1) is 5.56 Å². The molecule has 0 aliphatic carbocycles. The number of ether oxygens (including phenoxy) is 1. The largest absolute Gasteiger partial charge is 0.477 e. The Morgan fingerprint density at radius 2 is 2.05 bits per heavy atom. The minimum atomic E-state index is -4.52. The summed E-state index contributed by atoms with van der Waals surface area (Å²) in [4.78, 5) is 14.3. The summed E-state index contributed by atoms with van der Waals surface area (Å²) in [5.74, 6) is -1.60. The lowest BCUT2D eigenvalue weighted by Gasteiger charge is -2.12. The molecule has 1 aromatic heterocycles. The molecule has 1 aromatic carbocycles. The highest BCUT2D eigenvalue weighted by Crippen LogP contribution is 2.33. The Morgan fingerprint density at radius 1 is 1.38 bits per heavy atom. The number of aromatic carboxylic acids is 1. The highest BCUT2D eigenvalue weighted by atomic mass is 35.5. The maximum Gasteiger partial charge on any atom is 0.416 e. The molecule has 0 saturated heterocycles. The number of alkyl halides is 3. The molecule has 0 radical (unpaired) electrons. The number of rotatable bonds is 4. The van der Waals surface area contributed by atoms with Crippen molar-refractivity contribution < 1.29 is 27.8 Å². The molecular weight excluding hydrogens is 331 g/mol. The fourth-order valence-corrected chi connectivity index (χ4v) is 2.47. The Morgan fingerprint density at radius 3 is 2.67 bits per heavy atom. The lowest BCUT2D eigenvalue weighted by Crippen LogP contribution is -2.11. The average Bonchev–Trinajstić information content (AvgIpc) is 2.77. The van der Waals surface area contributed by atoms with Crippen LogP contribution in [0.4, 0.5) is 13.2 Å². The molecular formula is C12H7ClF3NO3S. The molecule has 0 bridgehead atoms. The van der Waals surface area contributed by atoms with Crippen molar-refractivity contribution in [3.63, 3.8) is 0 Å². The zero-order valence-corrected chi connectivity index (χ0v) is 11.7. The van der Waals surface area contributed by atoms with Gasteiger partial charge in [-0.05, 0) is 6.07 Å². The Kier molecular flexibility index (Phi) is 4.38. The van der Waals surface area contributed by atoms with Crippen molar-refractivity contribution in [1.29, 1.82) is 0 Å². The third kappa shape index (κ3) is 3.64. The van der Waals surface area contributed by atoms with Gasteiger partial charge in [-0.3, -0.25) is 0 Å². The monoisotopic (exact) mass is 337 g/mol. The van der Waals surface area contributed by atoms with Crippen LogP contribution in [-0.4, -0.2) is 16.1 Å². The average molecular weight is 338 g/mol. The van der Waals surface area contributed by atoms with Crippen LogP contribution in [0.25, 0.3) is 0 Å². The second-order valence-electron chi connectivity index (χ2n) is 3.85. The van der Waals surface area contributed by atoms with E-state index in [4.69, 9.17) is 21.4 Å². The molecule has 0 fully saturated rings. The van der Waals surface area contributed by atoms with Gasteiger partial charge in [-0.25, -0.2) is 4.79 Å². The van der Waals surface area contributed by atoms with Crippen LogP contribution in [0, 0.1) is 0 Å². The molecule has 0 unspecified atom stereocenters. The fraction of sp³-hybridized carbons (Fsp3) is 0.167. The molecule has 0 saturated carbocycles. The number of carboxylic acid groups (broad SMARTS) is 1. The third-order valence-corrected chi connectivity index (χ3v) is 3.58. The molecule has 0 aliphatic heterocycles. The summed E-state index contributed by atoms with van der Waals surface area (Å²) in [7, 11) is 0. The topological polar surface area (TPSA) is 59.4 Å². The minimum absolute atomic E-state index is 0.0634. The molecule has 0 aliphatic rings. The van der Waals surface area contributed by atoms with Gasteiger partial charge in [0.1, 0.15) is 6.61 Å². The SMILES string of the molecule is O=C(O)c1sc(Cl)nc1OCc1ccccc1C(F)(F)F. The maximum atomic E-state index is 12.8. The lowest BCUT2D eigenvalue weighted by atomic mass is 10.1. The van der Waals surface area contributed by atoms with E-state index in [9.17, 15) is 18.0 Å². The molecule has 0 atom stereocenters. The van der Waals surface area contributed by atoms with Crippen molar-refractivity contribution >= 4 is 28.9 Å². The zero-order valence-electron chi connectivity index (χ0n) is 10.1. The van der Waals surface area contributed by atoms with Crippen molar-refractivity contribution in [3.05, 3.63) is 44.7 Å². The van der Waals surface area contributed by atoms with Crippen molar-refractivity contribution in [3.8, 4) is 5.88 Å². The predicted octanol–water partition coefficient (Wildman–Crippen LogP) is 4.09. The van der Waals surface area contributed by atoms with Gasteiger partial charge in [0.25, 0.3) is 0 Å². The van der Waals surface area contributed by atoms with Crippen LogP contribution < -0.4 is 4.74 Å². The number of halogens is 4. The van der Waals surface area contributed by atoms with E-state index < -0.39 is 24.3 Å². The molecule has 21 heavy (non-hydrogen) atoms. The Hall–Kier alpha value is -1.80. The fourth-order valence-electron chi connectivity index (χ4n) is 1.58. The first kappa shape index (κ1) is 15.6. The lowest BCUT2D eigenvalue weighted by molar-refractivity contribution is -0.138. The number of hydrogen-bond donors (Lipinski definition) is 1. The standard InChI is InChI=1S/C12H7ClF3NO3S/c13-11-17-9(8(21-11)10(18)19)20-5-6-3-1-2-4-7(6)12(14,15)16/h1-4H,5H2,(H,18,19). The van der Waals surface area contributed by atoms with Crippen LogP contribution in [0.15, 0.2) is 24.3 Å². The van der Waals surface area contributed by atoms with Crippen molar-refractivity contribution in [2.45, 2.75) is 12.8 Å². The van der Waals surface area contributed by atoms with E-state index in [0.29, 0.717) is 11.3 Å². The first-order valence-corrected chi connectivity index (χ1v) is 6.66. The molecule has 1 heterocycles. The van der Waals surface area contributed by atoms with Gasteiger partial charge < -0.3 is 9.84 Å². The summed E-state index contributed by atoms with van der Waals surface area (Å²) in [6.45, 7) is -0.462. The summed E-state index contributed by atoms with van der Waals surface area (Å²) < 4.78 is 43.4. The molecule has 0 spiro atoms. The first-order valence-electron chi connectivity index (χ1n) is 5.46. The van der Waals surface area contributed by atoms with E-state index >= 15 is 0 Å². The van der Waals surface area contributed by atoms with Gasteiger partial charge in [-0.1, -0.05) is 41.1 Å². The second-order valence-corrected chi connectivity index (χ2v) is 5.43. The summed E-state index contributed by atoms with van der Waals surface area (Å²) in [6, 6.07) is 4.86. The van der Waals surface area contributed by atoms with Crippen molar-refractivity contribution in [2.24, 2.45) is 0 Å². The Labute approximate surface area is 125 Å². The van der Waals surface area contributed by atoms with Crippen LogP contribution in [0.5, 0.6) is 5.88 Å². The zero-order chi connectivity index (χ0) is 15.6. The third-order valence-electron chi connectivity index (χ3n) is 2.45. The number of nitrogens with zero attached hydrogens (tertiary/aromatic N) is 1. The van der Waals surface area contributed by atoms with Gasteiger partial charge in [-0.2, -0.15) is 18.2 Å². The highest BCUT2D eigenvalue weighted by Gasteiger charge is 2.33. The van der Waals surface area contributed by atoms with E-state index in [1.54, 1.807) is 0 Å². The van der Waals surface area contributed by atoms with Gasteiger partial charge >= 0.3 is 12.1 Å². The Bertz CT molecular complexity index is 672. The summed E-state index contributed by atoms with van der Waals surface area (Å²) in [5.41, 5.74) is -0.964. The molecule has 9 heteroatoms. The van der Waals surface area contributed by atoms with E-state index in [2.05, 4.69) is 4.98 Å². The molecule has 112 valence electrons. The normalized spacial score (nSPS) is 11.4. The quantitative estimate of drug-likeness (QED) is 0.912. The Balaban J connectivity index is 2.24. The van der Waals surface area contributed by atoms with E-state index in [1.165, 1.54) is 18.2 Å². The van der Waals surface area contributed by atoms with Gasteiger partial charge in [0, 0.05) is 5.56 Å². The summed E-state index contributed by atoms with van der Waals surface area (Å²) in [5, 5.41) is 8.91. The van der Waals surface area contributed by atoms with E-state index in [1.807, 2.05) is 0 Å². The second kappa shape index (κ2) is 5.90. The number of aromatic nitrogens is 1. The molecule has 0 amide bonds. The number of carbonyl (C=O) groups is 1. The maximum absolute atomic E-state index is 12.8. The smallest absolute Gasteiger partial charge is 0.416 e. The minimum Gasteiger partial charge on any atom is -0.477 e. The van der Waals surface area contributed by atoms with Crippen LogP contribution >= 0.6 is 22.9 Å². The molecule has 2 aromatic rings. The molecule has 2 rings (SSSR count). The number of benzene rings is 1. The van der Waals surface area contributed by atoms with Gasteiger partial charge in [-0.15, -0.1) is 0 Å². The van der Waals surface area contributed by atoms with Crippen molar-refractivity contribution in [2.75, 3.05) is 0 Å². The van der Waals surface area contributed by atoms with Crippen LogP contribution in [0.2, 0.25) is 4.47 Å². The van der Waals surface area contributed by atoms with Crippen LogP contribution in [-0.2, 0) is 12.8 Å². The van der Waals surface area contributed by atoms with Gasteiger partial charge in [0.2, 0.25) is 5.88 Å². The number of hydrogen-bond acceptors (Lipinski definition) is 4. The summed E-state index contributed by atoms with van der Waals surface area (Å²) >= 11 is 6.25. The number of thiazole rings is 1. The van der Waals surface area contributed by atoms with Crippen molar-refractivity contribution in [1.82, 2.24) is 4.98 Å². The molecule has 4 nitrogen and oxygen atoms in total. The first-order chi connectivity index (χ1) is 9.79.